The zero-order chi connectivity index (χ0) is 15.7. The van der Waals surface area contributed by atoms with E-state index in [1.807, 2.05) is 27.1 Å². The number of rotatable bonds is 4. The summed E-state index contributed by atoms with van der Waals surface area (Å²) in [4.78, 5) is 17.4. The molecular weight excluding hydrogens is 280 g/mol. The van der Waals surface area contributed by atoms with Gasteiger partial charge in [-0.25, -0.2) is 5.43 Å². The Kier molecular flexibility index (Phi) is 3.68. The number of aromatic amines is 1. The van der Waals surface area contributed by atoms with Crippen LogP contribution >= 0.6 is 0 Å². The van der Waals surface area contributed by atoms with Gasteiger partial charge in [0.25, 0.3) is 5.91 Å². The molecule has 1 aliphatic heterocycles. The van der Waals surface area contributed by atoms with Crippen LogP contribution in [0.15, 0.2) is 39.6 Å². The maximum absolute atomic E-state index is 12.0. The molecule has 0 atom stereocenters. The molecular formula is C16H18N4O2. The van der Waals surface area contributed by atoms with Crippen LogP contribution in [-0.2, 0) is 11.3 Å². The fourth-order valence-corrected chi connectivity index (χ4v) is 2.44. The maximum Gasteiger partial charge on any atom is 0.273 e. The summed E-state index contributed by atoms with van der Waals surface area (Å²) < 4.78 is 5.33. The Labute approximate surface area is 128 Å². The summed E-state index contributed by atoms with van der Waals surface area (Å²) in [6, 6.07) is 5.60. The Hall–Kier alpha value is -2.60. The highest BCUT2D eigenvalue weighted by molar-refractivity contribution is 6.32. The van der Waals surface area contributed by atoms with Crippen LogP contribution in [-0.4, -0.2) is 35.6 Å². The first-order chi connectivity index (χ1) is 10.5. The van der Waals surface area contributed by atoms with Gasteiger partial charge in [-0.1, -0.05) is 0 Å². The number of hydrogen-bond donors (Lipinski definition) is 2. The first-order valence-electron chi connectivity index (χ1n) is 7.02. The Morgan fingerprint density at radius 2 is 2.23 bits per heavy atom. The molecule has 6 nitrogen and oxygen atoms in total. The number of aromatic nitrogens is 1. The summed E-state index contributed by atoms with van der Waals surface area (Å²) in [5.74, 6) is 0.342. The second-order valence-electron chi connectivity index (χ2n) is 5.55. The standard InChI is InChI=1S/C16H18N4O2/c1-10-11(9-20(2)3)7-12(17-10)8-13-15(18-19-16(13)21)14-5-4-6-22-14/h4-8,17H,9H2,1-3H3,(H,19,21). The van der Waals surface area contributed by atoms with E-state index in [9.17, 15) is 4.79 Å². The van der Waals surface area contributed by atoms with E-state index in [1.165, 1.54) is 5.56 Å². The van der Waals surface area contributed by atoms with E-state index in [2.05, 4.69) is 20.4 Å². The number of hydrazone groups is 1. The molecule has 2 N–H and O–H groups in total. The SMILES string of the molecule is Cc1[nH]c(C=C2C(=O)NN=C2c2ccco2)cc1CN(C)C. The van der Waals surface area contributed by atoms with Crippen LogP contribution < -0.4 is 5.43 Å². The van der Waals surface area contributed by atoms with Crippen molar-refractivity contribution in [1.82, 2.24) is 15.3 Å². The minimum Gasteiger partial charge on any atom is -0.463 e. The lowest BCUT2D eigenvalue weighted by atomic mass is 10.1. The zero-order valence-corrected chi connectivity index (χ0v) is 12.8. The van der Waals surface area contributed by atoms with Crippen LogP contribution in [0.1, 0.15) is 22.7 Å². The lowest BCUT2D eigenvalue weighted by molar-refractivity contribution is -0.116. The molecule has 0 radical (unpaired) electrons. The van der Waals surface area contributed by atoms with Gasteiger partial charge < -0.3 is 14.3 Å². The number of hydrogen-bond acceptors (Lipinski definition) is 4. The molecule has 0 spiro atoms. The molecule has 2 aromatic heterocycles. The summed E-state index contributed by atoms with van der Waals surface area (Å²) in [6.07, 6.45) is 3.36. The van der Waals surface area contributed by atoms with Gasteiger partial charge in [0.2, 0.25) is 0 Å². The fraction of sp³-hybridized carbons (Fsp3) is 0.250. The highest BCUT2D eigenvalue weighted by Crippen LogP contribution is 2.20. The quantitative estimate of drug-likeness (QED) is 0.847. The Morgan fingerprint density at radius 3 is 2.91 bits per heavy atom. The van der Waals surface area contributed by atoms with Crippen LogP contribution in [0.25, 0.3) is 6.08 Å². The van der Waals surface area contributed by atoms with E-state index in [-0.39, 0.29) is 5.91 Å². The largest absolute Gasteiger partial charge is 0.463 e. The van der Waals surface area contributed by atoms with Crippen molar-refractivity contribution in [3.05, 3.63) is 52.7 Å². The van der Waals surface area contributed by atoms with Crippen LogP contribution in [0.2, 0.25) is 0 Å². The first-order valence-corrected chi connectivity index (χ1v) is 7.02. The van der Waals surface area contributed by atoms with Gasteiger partial charge in [-0.05, 0) is 50.9 Å². The Bertz CT molecular complexity index is 751. The van der Waals surface area contributed by atoms with Gasteiger partial charge in [0, 0.05) is 17.9 Å². The third-order valence-electron chi connectivity index (χ3n) is 3.45. The van der Waals surface area contributed by atoms with E-state index in [4.69, 9.17) is 4.42 Å². The average molecular weight is 298 g/mol. The summed E-state index contributed by atoms with van der Waals surface area (Å²) in [5.41, 5.74) is 6.67. The fourth-order valence-electron chi connectivity index (χ4n) is 2.44. The number of nitrogens with one attached hydrogen (secondary N) is 2. The smallest absolute Gasteiger partial charge is 0.273 e. The summed E-state index contributed by atoms with van der Waals surface area (Å²) in [5, 5.41) is 4.05. The second-order valence-corrected chi connectivity index (χ2v) is 5.55. The number of H-pyrrole nitrogens is 1. The van der Waals surface area contributed by atoms with Crippen molar-refractivity contribution < 1.29 is 9.21 Å². The topological polar surface area (TPSA) is 73.6 Å². The minimum absolute atomic E-state index is 0.229. The van der Waals surface area contributed by atoms with Crippen molar-refractivity contribution in [3.63, 3.8) is 0 Å². The first kappa shape index (κ1) is 14.3. The van der Waals surface area contributed by atoms with Gasteiger partial charge in [0.1, 0.15) is 5.71 Å². The molecule has 0 aliphatic carbocycles. The van der Waals surface area contributed by atoms with E-state index in [0.29, 0.717) is 17.0 Å². The monoisotopic (exact) mass is 298 g/mol. The Morgan fingerprint density at radius 1 is 1.41 bits per heavy atom. The van der Waals surface area contributed by atoms with Crippen LogP contribution in [0, 0.1) is 6.92 Å². The lowest BCUT2D eigenvalue weighted by Crippen LogP contribution is -2.13. The number of aryl methyl sites for hydroxylation is 1. The van der Waals surface area contributed by atoms with Gasteiger partial charge in [0.15, 0.2) is 5.76 Å². The van der Waals surface area contributed by atoms with Gasteiger partial charge in [0.05, 0.1) is 11.8 Å². The highest BCUT2D eigenvalue weighted by atomic mass is 16.3. The van der Waals surface area contributed by atoms with E-state index >= 15 is 0 Å². The highest BCUT2D eigenvalue weighted by Gasteiger charge is 2.26. The molecule has 0 unspecified atom stereocenters. The molecule has 1 aliphatic rings. The van der Waals surface area contributed by atoms with Crippen molar-refractivity contribution in [2.24, 2.45) is 5.10 Å². The molecule has 2 aromatic rings. The number of amides is 1. The number of carbonyl (C=O) groups is 1. The van der Waals surface area contributed by atoms with Crippen molar-refractivity contribution in [2.45, 2.75) is 13.5 Å². The molecule has 0 aromatic carbocycles. The predicted octanol–water partition coefficient (Wildman–Crippen LogP) is 1.90. The normalized spacial score (nSPS) is 16.5. The minimum atomic E-state index is -0.229. The molecule has 1 amide bonds. The molecule has 6 heteroatoms. The molecule has 0 saturated carbocycles. The molecule has 22 heavy (non-hydrogen) atoms. The molecule has 0 fully saturated rings. The molecule has 114 valence electrons. The zero-order valence-electron chi connectivity index (χ0n) is 12.8. The molecule has 0 bridgehead atoms. The predicted molar refractivity (Wildman–Crippen MR) is 84.3 cm³/mol. The van der Waals surface area contributed by atoms with Crippen molar-refractivity contribution in [3.8, 4) is 0 Å². The van der Waals surface area contributed by atoms with Gasteiger partial charge in [-0.2, -0.15) is 5.10 Å². The molecule has 3 rings (SSSR count). The number of nitrogens with zero attached hydrogens (tertiary/aromatic N) is 2. The molecule has 0 saturated heterocycles. The van der Waals surface area contributed by atoms with Crippen molar-refractivity contribution in [1.29, 1.82) is 0 Å². The molecule has 3 heterocycles. The van der Waals surface area contributed by atoms with E-state index < -0.39 is 0 Å². The number of carbonyl (C=O) groups excluding carboxylic acids is 1. The Balaban J connectivity index is 1.93. The van der Waals surface area contributed by atoms with Crippen LogP contribution in [0.5, 0.6) is 0 Å². The lowest BCUT2D eigenvalue weighted by Gasteiger charge is -2.07. The third-order valence-corrected chi connectivity index (χ3v) is 3.45. The summed E-state index contributed by atoms with van der Waals surface area (Å²) in [7, 11) is 4.05. The third kappa shape index (κ3) is 2.73. The maximum atomic E-state index is 12.0. The summed E-state index contributed by atoms with van der Waals surface area (Å²) >= 11 is 0. The van der Waals surface area contributed by atoms with Gasteiger partial charge in [-0.15, -0.1) is 0 Å². The van der Waals surface area contributed by atoms with Crippen molar-refractivity contribution >= 4 is 17.7 Å². The average Bonchev–Trinajstić information content (AvgIpc) is 3.14. The van der Waals surface area contributed by atoms with Crippen LogP contribution in [0.4, 0.5) is 0 Å². The van der Waals surface area contributed by atoms with Crippen LogP contribution in [0.3, 0.4) is 0 Å². The van der Waals surface area contributed by atoms with Crippen molar-refractivity contribution in [2.75, 3.05) is 14.1 Å². The summed E-state index contributed by atoms with van der Waals surface area (Å²) in [6.45, 7) is 2.87. The van der Waals surface area contributed by atoms with Gasteiger partial charge in [-0.3, -0.25) is 4.79 Å². The van der Waals surface area contributed by atoms with Gasteiger partial charge >= 0.3 is 0 Å². The second kappa shape index (κ2) is 5.65. The van der Waals surface area contributed by atoms with E-state index in [1.54, 1.807) is 24.5 Å². The number of furan rings is 1. The van der Waals surface area contributed by atoms with E-state index in [0.717, 1.165) is 17.9 Å².